The summed E-state index contributed by atoms with van der Waals surface area (Å²) in [6.07, 6.45) is -1.28. The Morgan fingerprint density at radius 1 is 1.07 bits per heavy atom. The summed E-state index contributed by atoms with van der Waals surface area (Å²) in [7, 11) is -3.98. The van der Waals surface area contributed by atoms with E-state index in [1.807, 2.05) is 6.92 Å². The molecule has 1 fully saturated rings. The highest BCUT2D eigenvalue weighted by molar-refractivity contribution is 7.92. The Morgan fingerprint density at radius 2 is 1.67 bits per heavy atom. The molecular formula is C21H25N3O5S. The number of β-amino-alcohol motifs (C(OH)–C–C–N with tert-alkyl or cyclic N) is 1. The van der Waals surface area contributed by atoms with Crippen LogP contribution in [0.15, 0.2) is 59.5 Å². The minimum absolute atomic E-state index is 0.0836. The van der Waals surface area contributed by atoms with Crippen molar-refractivity contribution in [3.05, 3.63) is 60.2 Å². The molecule has 160 valence electrons. The first kappa shape index (κ1) is 21.8. The van der Waals surface area contributed by atoms with Crippen LogP contribution in [0.2, 0.25) is 0 Å². The molecule has 0 aromatic heterocycles. The second kappa shape index (κ2) is 8.08. The number of anilines is 1. The first-order valence-electron chi connectivity index (χ1n) is 9.49. The molecule has 2 aromatic carbocycles. The predicted molar refractivity (Wildman–Crippen MR) is 112 cm³/mol. The lowest BCUT2D eigenvalue weighted by Crippen LogP contribution is -2.45. The van der Waals surface area contributed by atoms with E-state index in [2.05, 4.69) is 5.32 Å². The molecule has 1 aliphatic rings. The topological polar surface area (TPSA) is 107 Å². The van der Waals surface area contributed by atoms with E-state index < -0.39 is 33.6 Å². The van der Waals surface area contributed by atoms with Crippen LogP contribution in [0.25, 0.3) is 0 Å². The largest absolute Gasteiger partial charge is 0.389 e. The van der Waals surface area contributed by atoms with Gasteiger partial charge in [-0.2, -0.15) is 0 Å². The molecule has 0 spiro atoms. The molecule has 9 heteroatoms. The summed E-state index contributed by atoms with van der Waals surface area (Å²) >= 11 is 0. The van der Waals surface area contributed by atoms with E-state index in [1.54, 1.807) is 56.3 Å². The molecule has 3 amide bonds. The fraction of sp³-hybridized carbons (Fsp3) is 0.333. The van der Waals surface area contributed by atoms with Gasteiger partial charge in [0.2, 0.25) is 0 Å². The normalized spacial score (nSPS) is 17.0. The molecule has 2 aromatic rings. The van der Waals surface area contributed by atoms with Crippen LogP contribution in [0.5, 0.6) is 0 Å². The Morgan fingerprint density at radius 3 is 2.20 bits per heavy atom. The highest BCUT2D eigenvalue weighted by Crippen LogP contribution is 2.25. The minimum Gasteiger partial charge on any atom is -0.389 e. The lowest BCUT2D eigenvalue weighted by Gasteiger charge is -2.28. The zero-order chi connectivity index (χ0) is 22.1. The molecule has 1 atom stereocenters. The maximum Gasteiger partial charge on any atom is 0.325 e. The van der Waals surface area contributed by atoms with Crippen LogP contribution < -0.4 is 9.62 Å². The Balaban J connectivity index is 1.88. The number of aryl methyl sites for hydroxylation is 1. The first-order chi connectivity index (χ1) is 14.0. The number of carbonyl (C=O) groups excluding carboxylic acids is 2. The van der Waals surface area contributed by atoms with Gasteiger partial charge >= 0.3 is 6.03 Å². The standard InChI is InChI=1S/C21H25N3O5S/c1-15-9-11-18(12-10-15)30(28,29)24(16-7-5-4-6-8-16)14-17(25)13-23-19(26)21(2,3)22-20(23)27/h4-12,17,25H,13-14H2,1-3H3,(H,22,27)/t17-/m0/s1. The molecule has 0 unspecified atom stereocenters. The summed E-state index contributed by atoms with van der Waals surface area (Å²) in [5.74, 6) is -0.473. The number of para-hydroxylation sites is 1. The predicted octanol–water partition coefficient (Wildman–Crippen LogP) is 1.88. The summed E-state index contributed by atoms with van der Waals surface area (Å²) < 4.78 is 27.7. The van der Waals surface area contributed by atoms with E-state index in [4.69, 9.17) is 0 Å². The van der Waals surface area contributed by atoms with E-state index in [0.29, 0.717) is 5.69 Å². The summed E-state index contributed by atoms with van der Waals surface area (Å²) in [5.41, 5.74) is 0.222. The summed E-state index contributed by atoms with van der Waals surface area (Å²) in [6, 6.07) is 14.2. The quantitative estimate of drug-likeness (QED) is 0.651. The summed E-state index contributed by atoms with van der Waals surface area (Å²) in [5, 5.41) is 13.2. The van der Waals surface area contributed by atoms with Crippen molar-refractivity contribution in [3.63, 3.8) is 0 Å². The second-order valence-electron chi connectivity index (χ2n) is 7.81. The number of aliphatic hydroxyl groups excluding tert-OH is 1. The molecular weight excluding hydrogens is 406 g/mol. The van der Waals surface area contributed by atoms with Crippen molar-refractivity contribution >= 4 is 27.6 Å². The van der Waals surface area contributed by atoms with Crippen LogP contribution in [0.1, 0.15) is 19.4 Å². The average Bonchev–Trinajstić information content (AvgIpc) is 2.88. The first-order valence-corrected chi connectivity index (χ1v) is 10.9. The monoisotopic (exact) mass is 431 g/mol. The van der Waals surface area contributed by atoms with E-state index in [-0.39, 0.29) is 18.0 Å². The molecule has 2 N–H and O–H groups in total. The number of nitrogens with one attached hydrogen (secondary N) is 1. The molecule has 3 rings (SSSR count). The van der Waals surface area contributed by atoms with Crippen LogP contribution in [-0.2, 0) is 14.8 Å². The van der Waals surface area contributed by atoms with Crippen molar-refractivity contribution in [3.8, 4) is 0 Å². The van der Waals surface area contributed by atoms with E-state index in [9.17, 15) is 23.1 Å². The summed E-state index contributed by atoms with van der Waals surface area (Å²) in [6.45, 7) is 4.35. The number of nitrogens with zero attached hydrogens (tertiary/aromatic N) is 2. The Kier molecular flexibility index (Phi) is 5.87. The summed E-state index contributed by atoms with van der Waals surface area (Å²) in [4.78, 5) is 25.5. The molecule has 8 nitrogen and oxygen atoms in total. The molecule has 0 radical (unpaired) electrons. The van der Waals surface area contributed by atoms with Gasteiger partial charge in [0.25, 0.3) is 15.9 Å². The van der Waals surface area contributed by atoms with Gasteiger partial charge in [-0.05, 0) is 45.0 Å². The number of carbonyl (C=O) groups is 2. The number of rotatable bonds is 7. The highest BCUT2D eigenvalue weighted by atomic mass is 32.2. The van der Waals surface area contributed by atoms with Crippen molar-refractivity contribution in [1.29, 1.82) is 0 Å². The third-order valence-electron chi connectivity index (χ3n) is 4.87. The fourth-order valence-corrected chi connectivity index (χ4v) is 4.72. The Bertz CT molecular complexity index is 1040. The third kappa shape index (κ3) is 4.31. The van der Waals surface area contributed by atoms with Gasteiger partial charge in [-0.25, -0.2) is 13.2 Å². The number of sulfonamides is 1. The van der Waals surface area contributed by atoms with Gasteiger partial charge in [0, 0.05) is 0 Å². The van der Waals surface area contributed by atoms with Gasteiger partial charge in [-0.15, -0.1) is 0 Å². The van der Waals surface area contributed by atoms with Gasteiger partial charge < -0.3 is 10.4 Å². The van der Waals surface area contributed by atoms with Gasteiger partial charge in [0.1, 0.15) is 5.54 Å². The molecule has 1 heterocycles. The molecule has 0 saturated carbocycles. The maximum atomic E-state index is 13.3. The minimum atomic E-state index is -3.98. The van der Waals surface area contributed by atoms with E-state index >= 15 is 0 Å². The van der Waals surface area contributed by atoms with Gasteiger partial charge in [-0.3, -0.25) is 14.0 Å². The number of urea groups is 1. The molecule has 30 heavy (non-hydrogen) atoms. The van der Waals surface area contributed by atoms with Crippen LogP contribution >= 0.6 is 0 Å². The van der Waals surface area contributed by atoms with Crippen LogP contribution in [0.3, 0.4) is 0 Å². The van der Waals surface area contributed by atoms with Crippen LogP contribution in [-0.4, -0.2) is 55.1 Å². The maximum absolute atomic E-state index is 13.3. The number of hydrogen-bond donors (Lipinski definition) is 2. The van der Waals surface area contributed by atoms with E-state index in [1.165, 1.54) is 12.1 Å². The van der Waals surface area contributed by atoms with Gasteiger partial charge in [-0.1, -0.05) is 35.9 Å². The highest BCUT2D eigenvalue weighted by Gasteiger charge is 2.45. The van der Waals surface area contributed by atoms with E-state index in [0.717, 1.165) is 14.8 Å². The Hall–Kier alpha value is -2.91. The SMILES string of the molecule is Cc1ccc(S(=O)(=O)N(C[C@@H](O)CN2C(=O)NC(C)(C)C2=O)c2ccccc2)cc1. The smallest absolute Gasteiger partial charge is 0.325 e. The molecule has 0 bridgehead atoms. The van der Waals surface area contributed by atoms with Crippen molar-refractivity contribution in [2.75, 3.05) is 17.4 Å². The lowest BCUT2D eigenvalue weighted by molar-refractivity contribution is -0.131. The lowest BCUT2D eigenvalue weighted by atomic mass is 10.1. The van der Waals surface area contributed by atoms with Gasteiger partial charge in [0.15, 0.2) is 0 Å². The van der Waals surface area contributed by atoms with Crippen molar-refractivity contribution < 1.29 is 23.1 Å². The molecule has 0 aliphatic carbocycles. The zero-order valence-corrected chi connectivity index (χ0v) is 17.9. The number of amides is 3. The number of hydrogen-bond acceptors (Lipinski definition) is 5. The van der Waals surface area contributed by atoms with Gasteiger partial charge in [0.05, 0.1) is 29.8 Å². The fourth-order valence-electron chi connectivity index (χ4n) is 3.22. The Labute approximate surface area is 176 Å². The number of benzene rings is 2. The van der Waals surface area contributed by atoms with Crippen molar-refractivity contribution in [2.24, 2.45) is 0 Å². The van der Waals surface area contributed by atoms with Crippen LogP contribution in [0.4, 0.5) is 10.5 Å². The van der Waals surface area contributed by atoms with Crippen LogP contribution in [0, 0.1) is 6.92 Å². The third-order valence-corrected chi connectivity index (χ3v) is 6.68. The molecule has 1 aliphatic heterocycles. The van der Waals surface area contributed by atoms with Crippen molar-refractivity contribution in [1.82, 2.24) is 10.2 Å². The molecule has 1 saturated heterocycles. The number of aliphatic hydroxyl groups is 1. The number of imide groups is 1. The zero-order valence-electron chi connectivity index (χ0n) is 17.1. The van der Waals surface area contributed by atoms with Crippen molar-refractivity contribution in [2.45, 2.75) is 37.3 Å². The average molecular weight is 432 g/mol. The second-order valence-corrected chi connectivity index (χ2v) is 9.67.